The van der Waals surface area contributed by atoms with E-state index < -0.39 is 29.7 Å². The summed E-state index contributed by atoms with van der Waals surface area (Å²) in [5.74, 6) is 2.53. The highest BCUT2D eigenvalue weighted by molar-refractivity contribution is 5.99. The second kappa shape index (κ2) is 13.9. The van der Waals surface area contributed by atoms with Crippen molar-refractivity contribution in [1.82, 2.24) is 10.2 Å². The summed E-state index contributed by atoms with van der Waals surface area (Å²) in [5.41, 5.74) is 1.68. The van der Waals surface area contributed by atoms with Gasteiger partial charge in [-0.3, -0.25) is 9.59 Å². The lowest BCUT2D eigenvalue weighted by Crippen LogP contribution is -2.57. The van der Waals surface area contributed by atoms with Crippen molar-refractivity contribution < 1.29 is 23.9 Å². The van der Waals surface area contributed by atoms with Gasteiger partial charge >= 0.3 is 6.09 Å². The second-order valence-corrected chi connectivity index (χ2v) is 11.6. The summed E-state index contributed by atoms with van der Waals surface area (Å²) < 4.78 is 10.8. The average Bonchev–Trinajstić information content (AvgIpc) is 2.95. The van der Waals surface area contributed by atoms with Crippen LogP contribution in [0.1, 0.15) is 62.8 Å². The van der Waals surface area contributed by atoms with Crippen molar-refractivity contribution in [2.75, 3.05) is 12.4 Å². The third-order valence-electron chi connectivity index (χ3n) is 7.29. The molecule has 3 amide bonds. The standard InChI is InChI=1S/C35H39N3O5/c1-6-25-15-10-11-18-29(25)31(32(39)36-26-19-21-28(42-5)22-20-26)38(27-16-12-17-27)33(40)30(23-24-13-8-7-9-14-24)37-34(41)43-35(2,3)4/h1,7-11,13-15,18-22,27,30-31H,12,16-17,23H2,2-5H3,(H,36,39)(H,37,41). The molecule has 0 spiro atoms. The highest BCUT2D eigenvalue weighted by Gasteiger charge is 2.42. The maximum absolute atomic E-state index is 14.6. The van der Waals surface area contributed by atoms with Gasteiger partial charge in [-0.25, -0.2) is 4.79 Å². The number of hydrogen-bond donors (Lipinski definition) is 2. The Morgan fingerprint density at radius 3 is 2.21 bits per heavy atom. The molecule has 224 valence electrons. The number of terminal acetylenes is 1. The molecule has 0 aromatic heterocycles. The van der Waals surface area contributed by atoms with Gasteiger partial charge in [-0.15, -0.1) is 6.42 Å². The van der Waals surface area contributed by atoms with Crippen molar-refractivity contribution in [3.8, 4) is 18.1 Å². The quantitative estimate of drug-likeness (QED) is 0.292. The number of anilines is 1. The number of amides is 3. The zero-order valence-electron chi connectivity index (χ0n) is 25.1. The van der Waals surface area contributed by atoms with Gasteiger partial charge in [0.1, 0.15) is 23.4 Å². The number of nitrogens with one attached hydrogen (secondary N) is 2. The van der Waals surface area contributed by atoms with E-state index in [1.165, 1.54) is 0 Å². The zero-order chi connectivity index (χ0) is 31.0. The minimum atomic E-state index is -1.05. The molecule has 0 saturated heterocycles. The third kappa shape index (κ3) is 8.16. The molecule has 4 rings (SSSR count). The Hall–Kier alpha value is -4.77. The van der Waals surface area contributed by atoms with Gasteiger partial charge in [0.2, 0.25) is 5.91 Å². The summed E-state index contributed by atoms with van der Waals surface area (Å²) in [6, 6.07) is 21.3. The molecule has 8 heteroatoms. The van der Waals surface area contributed by atoms with Crippen LogP contribution in [0, 0.1) is 12.3 Å². The highest BCUT2D eigenvalue weighted by Crippen LogP contribution is 2.36. The Kier molecular flexibility index (Phi) is 10.1. The largest absolute Gasteiger partial charge is 0.497 e. The SMILES string of the molecule is C#Cc1ccccc1C(C(=O)Nc1ccc(OC)cc1)N(C(=O)C(Cc1ccccc1)NC(=O)OC(C)(C)C)C1CCC1. The van der Waals surface area contributed by atoms with Gasteiger partial charge < -0.3 is 25.0 Å². The van der Waals surface area contributed by atoms with Crippen LogP contribution < -0.4 is 15.4 Å². The average molecular weight is 582 g/mol. The summed E-state index contributed by atoms with van der Waals surface area (Å²) >= 11 is 0. The first-order chi connectivity index (χ1) is 20.6. The van der Waals surface area contributed by atoms with E-state index in [1.54, 1.807) is 81.3 Å². The number of alkyl carbamates (subject to hydrolysis) is 1. The number of hydrogen-bond acceptors (Lipinski definition) is 5. The van der Waals surface area contributed by atoms with E-state index in [0.717, 1.165) is 24.8 Å². The molecule has 1 saturated carbocycles. The molecule has 0 heterocycles. The molecule has 2 unspecified atom stereocenters. The van der Waals surface area contributed by atoms with E-state index in [0.29, 0.717) is 22.6 Å². The molecule has 2 N–H and O–H groups in total. The van der Waals surface area contributed by atoms with Crippen LogP contribution in [0.2, 0.25) is 0 Å². The highest BCUT2D eigenvalue weighted by atomic mass is 16.6. The third-order valence-corrected chi connectivity index (χ3v) is 7.29. The zero-order valence-corrected chi connectivity index (χ0v) is 25.1. The Morgan fingerprint density at radius 2 is 1.63 bits per heavy atom. The Morgan fingerprint density at radius 1 is 0.977 bits per heavy atom. The first-order valence-corrected chi connectivity index (χ1v) is 14.5. The van der Waals surface area contributed by atoms with Crippen LogP contribution in [0.4, 0.5) is 10.5 Å². The van der Waals surface area contributed by atoms with Crippen molar-refractivity contribution in [3.05, 3.63) is 95.6 Å². The lowest BCUT2D eigenvalue weighted by molar-refractivity contribution is -0.145. The van der Waals surface area contributed by atoms with Crippen molar-refractivity contribution in [3.63, 3.8) is 0 Å². The van der Waals surface area contributed by atoms with Gasteiger partial charge in [-0.1, -0.05) is 54.5 Å². The number of benzene rings is 3. The lowest BCUT2D eigenvalue weighted by atomic mass is 9.87. The van der Waals surface area contributed by atoms with E-state index in [2.05, 4.69) is 16.6 Å². The van der Waals surface area contributed by atoms with Gasteiger partial charge in [0.25, 0.3) is 5.91 Å². The van der Waals surface area contributed by atoms with Crippen LogP contribution in [0.15, 0.2) is 78.9 Å². The molecular weight excluding hydrogens is 542 g/mol. The minimum Gasteiger partial charge on any atom is -0.497 e. The molecule has 1 fully saturated rings. The van der Waals surface area contributed by atoms with Gasteiger partial charge in [-0.2, -0.15) is 0 Å². The minimum absolute atomic E-state index is 0.214. The second-order valence-electron chi connectivity index (χ2n) is 11.6. The predicted molar refractivity (Wildman–Crippen MR) is 167 cm³/mol. The first-order valence-electron chi connectivity index (χ1n) is 14.5. The molecular formula is C35H39N3O5. The van der Waals surface area contributed by atoms with Crippen molar-refractivity contribution in [1.29, 1.82) is 0 Å². The molecule has 1 aliphatic carbocycles. The summed E-state index contributed by atoms with van der Waals surface area (Å²) in [4.78, 5) is 43.4. The van der Waals surface area contributed by atoms with E-state index in [-0.39, 0.29) is 18.4 Å². The molecule has 3 aromatic rings. The number of rotatable bonds is 10. The number of carbonyl (C=O) groups excluding carboxylic acids is 3. The predicted octanol–water partition coefficient (Wildman–Crippen LogP) is 5.87. The molecule has 1 aliphatic rings. The molecule has 3 aromatic carbocycles. The van der Waals surface area contributed by atoms with Crippen LogP contribution in [0.3, 0.4) is 0 Å². The maximum Gasteiger partial charge on any atom is 0.408 e. The monoisotopic (exact) mass is 581 g/mol. The van der Waals surface area contributed by atoms with Crippen molar-refractivity contribution in [2.24, 2.45) is 0 Å². The van der Waals surface area contributed by atoms with Gasteiger partial charge in [-0.05, 0) is 81.5 Å². The summed E-state index contributed by atoms with van der Waals surface area (Å²) in [5, 5.41) is 5.78. The first kappa shape index (κ1) is 31.2. The fourth-order valence-corrected chi connectivity index (χ4v) is 5.03. The van der Waals surface area contributed by atoms with Gasteiger partial charge in [0.05, 0.1) is 7.11 Å². The smallest absolute Gasteiger partial charge is 0.408 e. The van der Waals surface area contributed by atoms with Crippen LogP contribution in [0.25, 0.3) is 0 Å². The summed E-state index contributed by atoms with van der Waals surface area (Å²) in [7, 11) is 1.57. The van der Waals surface area contributed by atoms with Gasteiger partial charge in [0.15, 0.2) is 0 Å². The summed E-state index contributed by atoms with van der Waals surface area (Å²) in [6.45, 7) is 5.28. The number of methoxy groups -OCH3 is 1. The topological polar surface area (TPSA) is 97.0 Å². The molecule has 0 radical (unpaired) electrons. The maximum atomic E-state index is 14.6. The number of carbonyl (C=O) groups is 3. The Labute approximate surface area is 253 Å². The van der Waals surface area contributed by atoms with Crippen LogP contribution in [-0.2, 0) is 20.7 Å². The van der Waals surface area contributed by atoms with Crippen molar-refractivity contribution in [2.45, 2.75) is 70.2 Å². The fraction of sp³-hybridized carbons (Fsp3) is 0.343. The fourth-order valence-electron chi connectivity index (χ4n) is 5.03. The normalized spacial score (nSPS) is 14.3. The number of ether oxygens (including phenoxy) is 2. The lowest BCUT2D eigenvalue weighted by Gasteiger charge is -2.43. The Balaban J connectivity index is 1.76. The molecule has 43 heavy (non-hydrogen) atoms. The van der Waals surface area contributed by atoms with Crippen LogP contribution in [0.5, 0.6) is 5.75 Å². The Bertz CT molecular complexity index is 1450. The van der Waals surface area contributed by atoms with E-state index in [4.69, 9.17) is 15.9 Å². The summed E-state index contributed by atoms with van der Waals surface area (Å²) in [6.07, 6.45) is 7.75. The van der Waals surface area contributed by atoms with Crippen molar-refractivity contribution >= 4 is 23.6 Å². The molecule has 2 atom stereocenters. The molecule has 0 aliphatic heterocycles. The van der Waals surface area contributed by atoms with E-state index in [9.17, 15) is 14.4 Å². The number of nitrogens with zero attached hydrogens (tertiary/aromatic N) is 1. The van der Waals surface area contributed by atoms with Crippen LogP contribution >= 0.6 is 0 Å². The van der Waals surface area contributed by atoms with E-state index >= 15 is 0 Å². The molecule has 8 nitrogen and oxygen atoms in total. The van der Waals surface area contributed by atoms with Gasteiger partial charge in [0, 0.05) is 23.7 Å². The molecule has 0 bridgehead atoms. The van der Waals surface area contributed by atoms with Crippen LogP contribution in [-0.4, -0.2) is 47.6 Å². The van der Waals surface area contributed by atoms with E-state index in [1.807, 2.05) is 30.3 Å².